The zero-order chi connectivity index (χ0) is 21.5. The number of fused-ring (bicyclic) bond motifs is 1. The summed E-state index contributed by atoms with van der Waals surface area (Å²) < 4.78 is 5.40. The van der Waals surface area contributed by atoms with Crippen LogP contribution in [0, 0.1) is 5.92 Å². The number of nitrogens with one attached hydrogen (secondary N) is 2. The Morgan fingerprint density at radius 1 is 1.07 bits per heavy atom. The molecule has 0 bridgehead atoms. The van der Waals surface area contributed by atoms with Gasteiger partial charge in [-0.05, 0) is 49.2 Å². The zero-order valence-corrected chi connectivity index (χ0v) is 17.8. The lowest BCUT2D eigenvalue weighted by Gasteiger charge is -2.22. The molecule has 0 saturated heterocycles. The topological polar surface area (TPSA) is 84.1 Å². The largest absolute Gasteiger partial charge is 0.494 e. The van der Waals surface area contributed by atoms with Crippen LogP contribution >= 0.6 is 0 Å². The van der Waals surface area contributed by atoms with Crippen molar-refractivity contribution < 1.29 is 14.3 Å². The van der Waals surface area contributed by atoms with E-state index in [1.165, 1.54) is 0 Å². The van der Waals surface area contributed by atoms with Gasteiger partial charge in [0.25, 0.3) is 0 Å². The Morgan fingerprint density at radius 2 is 1.80 bits per heavy atom. The van der Waals surface area contributed by atoms with Gasteiger partial charge in [0.2, 0.25) is 5.91 Å². The van der Waals surface area contributed by atoms with E-state index in [4.69, 9.17) is 4.74 Å². The van der Waals surface area contributed by atoms with Gasteiger partial charge in [0.15, 0.2) is 5.78 Å². The summed E-state index contributed by atoms with van der Waals surface area (Å²) in [4.78, 5) is 33.0. The molecule has 2 unspecified atom stereocenters. The molecule has 2 aromatic carbocycles. The predicted molar refractivity (Wildman–Crippen MR) is 118 cm³/mol. The number of ketones is 1. The molecule has 0 radical (unpaired) electrons. The van der Waals surface area contributed by atoms with Gasteiger partial charge in [-0.1, -0.05) is 32.4 Å². The molecule has 158 valence electrons. The van der Waals surface area contributed by atoms with Gasteiger partial charge in [-0.2, -0.15) is 0 Å². The highest BCUT2D eigenvalue weighted by atomic mass is 16.5. The van der Waals surface area contributed by atoms with Gasteiger partial charge < -0.3 is 15.0 Å². The van der Waals surface area contributed by atoms with Crippen molar-refractivity contribution in [1.29, 1.82) is 0 Å². The summed E-state index contributed by atoms with van der Waals surface area (Å²) in [6.07, 6.45) is 1.19. The highest BCUT2D eigenvalue weighted by Gasteiger charge is 2.24. The number of hydrogen-bond acceptors (Lipinski definition) is 4. The zero-order valence-electron chi connectivity index (χ0n) is 17.8. The van der Waals surface area contributed by atoms with Crippen molar-refractivity contribution >= 4 is 22.7 Å². The number of amides is 1. The number of Topliss-reactive ketones (excluding diaryl/α,β-unsaturated/α-hetero) is 1. The predicted octanol–water partition coefficient (Wildman–Crippen LogP) is 4.83. The maximum atomic E-state index is 12.6. The number of para-hydroxylation sites is 2. The fraction of sp³-hybridized carbons (Fsp3) is 0.375. The Hall–Kier alpha value is -3.15. The number of carbonyl (C=O) groups is 2. The van der Waals surface area contributed by atoms with E-state index in [1.54, 1.807) is 24.3 Å². The van der Waals surface area contributed by atoms with Crippen LogP contribution in [0.25, 0.3) is 11.0 Å². The third-order valence-electron chi connectivity index (χ3n) is 5.30. The summed E-state index contributed by atoms with van der Waals surface area (Å²) in [5.74, 6) is 1.47. The molecule has 1 heterocycles. The van der Waals surface area contributed by atoms with Crippen molar-refractivity contribution in [1.82, 2.24) is 15.3 Å². The molecular formula is C24H29N3O3. The first-order valence-corrected chi connectivity index (χ1v) is 10.5. The number of rotatable bonds is 10. The van der Waals surface area contributed by atoms with Crippen LogP contribution < -0.4 is 10.1 Å². The van der Waals surface area contributed by atoms with Crippen molar-refractivity contribution in [2.75, 3.05) is 6.61 Å². The van der Waals surface area contributed by atoms with E-state index in [-0.39, 0.29) is 36.5 Å². The number of nitrogens with zero attached hydrogens (tertiary/aromatic N) is 1. The lowest BCUT2D eigenvalue weighted by atomic mass is 9.98. The highest BCUT2D eigenvalue weighted by Crippen LogP contribution is 2.25. The summed E-state index contributed by atoms with van der Waals surface area (Å²) in [7, 11) is 0. The van der Waals surface area contributed by atoms with Crippen LogP contribution in [0.3, 0.4) is 0 Å². The molecule has 2 N–H and O–H groups in total. The molecule has 3 rings (SSSR count). The highest BCUT2D eigenvalue weighted by molar-refractivity contribution is 5.98. The normalized spacial score (nSPS) is 13.0. The first-order chi connectivity index (χ1) is 14.5. The van der Waals surface area contributed by atoms with E-state index in [1.807, 2.05) is 31.2 Å². The molecule has 0 fully saturated rings. The average Bonchev–Trinajstić information content (AvgIpc) is 3.20. The molecular weight excluding hydrogens is 378 g/mol. The summed E-state index contributed by atoms with van der Waals surface area (Å²) >= 11 is 0. The van der Waals surface area contributed by atoms with Crippen LogP contribution in [0.15, 0.2) is 48.5 Å². The second-order valence-corrected chi connectivity index (χ2v) is 7.45. The second kappa shape index (κ2) is 10.1. The van der Waals surface area contributed by atoms with Crippen molar-refractivity contribution in [2.24, 2.45) is 5.92 Å². The lowest BCUT2D eigenvalue weighted by molar-refractivity contribution is -0.122. The maximum absolute atomic E-state index is 12.6. The van der Waals surface area contributed by atoms with E-state index in [9.17, 15) is 9.59 Å². The summed E-state index contributed by atoms with van der Waals surface area (Å²) in [6.45, 7) is 6.66. The van der Waals surface area contributed by atoms with Gasteiger partial charge in [-0.3, -0.25) is 9.59 Å². The number of carbonyl (C=O) groups excluding carboxylic acids is 2. The third-order valence-corrected chi connectivity index (χ3v) is 5.30. The van der Waals surface area contributed by atoms with Gasteiger partial charge in [0.1, 0.15) is 11.6 Å². The number of ether oxygens (including phenoxy) is 1. The molecule has 6 nitrogen and oxygen atoms in total. The van der Waals surface area contributed by atoms with Crippen LogP contribution in [-0.4, -0.2) is 28.3 Å². The minimum Gasteiger partial charge on any atom is -0.494 e. The van der Waals surface area contributed by atoms with Gasteiger partial charge in [-0.15, -0.1) is 0 Å². The van der Waals surface area contributed by atoms with Crippen molar-refractivity contribution in [3.05, 3.63) is 59.9 Å². The lowest BCUT2D eigenvalue weighted by Crippen LogP contribution is -2.33. The van der Waals surface area contributed by atoms with Crippen molar-refractivity contribution in [2.45, 2.75) is 46.1 Å². The SMILES string of the molecule is CCOc1ccc(C(=O)CCC(=O)NC(c2nc3ccccc3[nH]2)C(C)CC)cc1. The van der Waals surface area contributed by atoms with E-state index in [2.05, 4.69) is 29.1 Å². The van der Waals surface area contributed by atoms with E-state index in [0.29, 0.717) is 12.2 Å². The summed E-state index contributed by atoms with van der Waals surface area (Å²) in [5, 5.41) is 3.07. The molecule has 0 aliphatic heterocycles. The standard InChI is InChI=1S/C24H29N3O3/c1-4-16(3)23(24-25-19-8-6-7-9-20(19)26-24)27-22(29)15-14-21(28)17-10-12-18(13-11-17)30-5-2/h6-13,16,23H,4-5,14-15H2,1-3H3,(H,25,26)(H,27,29). The molecule has 2 atom stereocenters. The van der Waals surface area contributed by atoms with Gasteiger partial charge in [0.05, 0.1) is 23.7 Å². The summed E-state index contributed by atoms with van der Waals surface area (Å²) in [6, 6.07) is 14.6. The van der Waals surface area contributed by atoms with Gasteiger partial charge in [-0.25, -0.2) is 4.98 Å². The van der Waals surface area contributed by atoms with Crippen molar-refractivity contribution in [3.8, 4) is 5.75 Å². The fourth-order valence-corrected chi connectivity index (χ4v) is 3.36. The molecule has 1 amide bonds. The molecule has 0 saturated carbocycles. The number of hydrogen-bond donors (Lipinski definition) is 2. The maximum Gasteiger partial charge on any atom is 0.221 e. The van der Waals surface area contributed by atoms with Crippen LogP contribution in [0.2, 0.25) is 0 Å². The van der Waals surface area contributed by atoms with E-state index in [0.717, 1.165) is 29.0 Å². The smallest absolute Gasteiger partial charge is 0.221 e. The number of aromatic amines is 1. The van der Waals surface area contributed by atoms with E-state index >= 15 is 0 Å². The number of aromatic nitrogens is 2. The quantitative estimate of drug-likeness (QED) is 0.472. The molecule has 3 aromatic rings. The molecule has 0 spiro atoms. The molecule has 0 aliphatic carbocycles. The second-order valence-electron chi connectivity index (χ2n) is 7.45. The van der Waals surface area contributed by atoms with Crippen LogP contribution in [0.1, 0.15) is 62.3 Å². The Balaban J connectivity index is 1.62. The van der Waals surface area contributed by atoms with Gasteiger partial charge in [0, 0.05) is 18.4 Å². The number of imidazole rings is 1. The van der Waals surface area contributed by atoms with Crippen molar-refractivity contribution in [3.63, 3.8) is 0 Å². The Labute approximate surface area is 177 Å². The van der Waals surface area contributed by atoms with Crippen LogP contribution in [-0.2, 0) is 4.79 Å². The molecule has 1 aromatic heterocycles. The van der Waals surface area contributed by atoms with Gasteiger partial charge >= 0.3 is 0 Å². The number of H-pyrrole nitrogens is 1. The summed E-state index contributed by atoms with van der Waals surface area (Å²) in [5.41, 5.74) is 2.41. The Morgan fingerprint density at radius 3 is 2.47 bits per heavy atom. The average molecular weight is 408 g/mol. The molecule has 6 heteroatoms. The minimum atomic E-state index is -0.226. The van der Waals surface area contributed by atoms with Crippen LogP contribution in [0.5, 0.6) is 5.75 Å². The van der Waals surface area contributed by atoms with Crippen LogP contribution in [0.4, 0.5) is 0 Å². The molecule has 30 heavy (non-hydrogen) atoms. The fourth-order valence-electron chi connectivity index (χ4n) is 3.36. The molecule has 0 aliphatic rings. The minimum absolute atomic E-state index is 0.0583. The monoisotopic (exact) mass is 407 g/mol. The third kappa shape index (κ3) is 5.26. The first-order valence-electron chi connectivity index (χ1n) is 10.5. The number of benzene rings is 2. The Bertz CT molecular complexity index is 961. The van der Waals surface area contributed by atoms with E-state index < -0.39 is 0 Å². The first kappa shape index (κ1) is 21.6. The Kier molecular flexibility index (Phi) is 7.22.